The highest BCUT2D eigenvalue weighted by molar-refractivity contribution is 5.93. The average Bonchev–Trinajstić information content (AvgIpc) is 2.97. The second-order valence-electron chi connectivity index (χ2n) is 6.19. The second kappa shape index (κ2) is 4.93. The summed E-state index contributed by atoms with van der Waals surface area (Å²) >= 11 is 0. The van der Waals surface area contributed by atoms with Gasteiger partial charge in [-0.3, -0.25) is 9.48 Å². The molecule has 0 unspecified atom stereocenters. The number of aryl methyl sites for hydroxylation is 1. The first kappa shape index (κ1) is 14.2. The molecular formula is C15H19F2N3O. The zero-order valence-electron chi connectivity index (χ0n) is 12.0. The van der Waals surface area contributed by atoms with Crippen LogP contribution in [-0.4, -0.2) is 21.6 Å². The molecule has 1 aromatic heterocycles. The van der Waals surface area contributed by atoms with Gasteiger partial charge in [0.15, 0.2) is 0 Å². The van der Waals surface area contributed by atoms with E-state index < -0.39 is 5.92 Å². The molecule has 1 aromatic rings. The molecule has 1 amide bonds. The molecule has 0 radical (unpaired) electrons. The van der Waals surface area contributed by atoms with Crippen LogP contribution in [0.25, 0.3) is 0 Å². The van der Waals surface area contributed by atoms with Crippen molar-refractivity contribution >= 4 is 5.91 Å². The van der Waals surface area contributed by atoms with Gasteiger partial charge in [0.1, 0.15) is 5.69 Å². The molecule has 0 bridgehead atoms. The Morgan fingerprint density at radius 3 is 2.90 bits per heavy atom. The quantitative estimate of drug-likeness (QED) is 0.931. The number of aromatic nitrogens is 2. The Labute approximate surface area is 122 Å². The van der Waals surface area contributed by atoms with E-state index in [4.69, 9.17) is 0 Å². The maximum Gasteiger partial charge on any atom is 0.273 e. The number of hydrogen-bond donors (Lipinski definition) is 1. The summed E-state index contributed by atoms with van der Waals surface area (Å²) in [5.74, 6) is -2.95. The number of alkyl halides is 2. The minimum absolute atomic E-state index is 0.00606. The van der Waals surface area contributed by atoms with E-state index in [0.717, 1.165) is 12.8 Å². The summed E-state index contributed by atoms with van der Waals surface area (Å²) in [6.07, 6.45) is 5.20. The van der Waals surface area contributed by atoms with Crippen LogP contribution in [0.4, 0.5) is 8.78 Å². The fraction of sp³-hybridized carbons (Fsp3) is 0.600. The van der Waals surface area contributed by atoms with Gasteiger partial charge in [-0.1, -0.05) is 0 Å². The third kappa shape index (κ3) is 2.99. The SMILES string of the molecule is CCn1nccc1C(=O)N/C=C1/CC(F)(F)CC2(CC2)C1. The van der Waals surface area contributed by atoms with Crippen LogP contribution < -0.4 is 5.32 Å². The van der Waals surface area contributed by atoms with E-state index in [9.17, 15) is 13.6 Å². The van der Waals surface area contributed by atoms with Crippen molar-refractivity contribution in [3.8, 4) is 0 Å². The maximum atomic E-state index is 13.7. The lowest BCUT2D eigenvalue weighted by molar-refractivity contribution is -0.0412. The molecule has 1 heterocycles. The molecule has 114 valence electrons. The number of nitrogens with one attached hydrogen (secondary N) is 1. The summed E-state index contributed by atoms with van der Waals surface area (Å²) in [5.41, 5.74) is 0.876. The predicted molar refractivity (Wildman–Crippen MR) is 73.9 cm³/mol. The van der Waals surface area contributed by atoms with E-state index >= 15 is 0 Å². The molecule has 21 heavy (non-hydrogen) atoms. The zero-order chi connectivity index (χ0) is 15.1. The smallest absolute Gasteiger partial charge is 0.273 e. The van der Waals surface area contributed by atoms with Crippen molar-refractivity contribution in [1.29, 1.82) is 0 Å². The largest absolute Gasteiger partial charge is 0.327 e. The molecule has 2 aliphatic rings. The highest BCUT2D eigenvalue weighted by Crippen LogP contribution is 2.61. The van der Waals surface area contributed by atoms with Crippen LogP contribution in [0.3, 0.4) is 0 Å². The Morgan fingerprint density at radius 2 is 2.24 bits per heavy atom. The summed E-state index contributed by atoms with van der Waals surface area (Å²) in [6.45, 7) is 2.48. The molecule has 4 nitrogen and oxygen atoms in total. The van der Waals surface area contributed by atoms with Crippen LogP contribution in [0, 0.1) is 5.41 Å². The summed E-state index contributed by atoms with van der Waals surface area (Å²) in [5, 5.41) is 6.66. The standard InChI is InChI=1S/C15H19F2N3O/c1-2-20-12(3-6-19-20)13(21)18-9-11-7-14(4-5-14)10-15(16,17)8-11/h3,6,9H,2,4-5,7-8,10H2,1H3,(H,18,21)/b11-9+. The van der Waals surface area contributed by atoms with Gasteiger partial charge in [0.2, 0.25) is 0 Å². The summed E-state index contributed by atoms with van der Waals surface area (Å²) in [4.78, 5) is 12.1. The molecule has 0 aliphatic heterocycles. The first-order chi connectivity index (χ1) is 9.93. The van der Waals surface area contributed by atoms with Crippen LogP contribution in [0.5, 0.6) is 0 Å². The Morgan fingerprint density at radius 1 is 1.48 bits per heavy atom. The zero-order valence-corrected chi connectivity index (χ0v) is 12.0. The first-order valence-corrected chi connectivity index (χ1v) is 7.32. The Kier molecular flexibility index (Phi) is 3.34. The van der Waals surface area contributed by atoms with E-state index in [2.05, 4.69) is 10.4 Å². The van der Waals surface area contributed by atoms with Crippen LogP contribution in [-0.2, 0) is 6.54 Å². The minimum Gasteiger partial charge on any atom is -0.327 e. The fourth-order valence-corrected chi connectivity index (χ4v) is 3.20. The van der Waals surface area contributed by atoms with Crippen molar-refractivity contribution in [2.45, 2.75) is 51.5 Å². The molecule has 3 rings (SSSR count). The highest BCUT2D eigenvalue weighted by atomic mass is 19.3. The Hall–Kier alpha value is -1.72. The van der Waals surface area contributed by atoms with Crippen molar-refractivity contribution in [2.75, 3.05) is 0 Å². The molecule has 1 N–H and O–H groups in total. The molecule has 2 saturated carbocycles. The number of carbonyl (C=O) groups is 1. The molecule has 0 aromatic carbocycles. The average molecular weight is 295 g/mol. The van der Waals surface area contributed by atoms with Gasteiger partial charge in [0.25, 0.3) is 11.8 Å². The van der Waals surface area contributed by atoms with E-state index in [1.165, 1.54) is 6.20 Å². The third-order valence-corrected chi connectivity index (χ3v) is 4.33. The van der Waals surface area contributed by atoms with Crippen molar-refractivity contribution < 1.29 is 13.6 Å². The van der Waals surface area contributed by atoms with Gasteiger partial charge in [-0.15, -0.1) is 0 Å². The lowest BCUT2D eigenvalue weighted by atomic mass is 9.81. The number of amides is 1. The highest BCUT2D eigenvalue weighted by Gasteiger charge is 2.54. The predicted octanol–water partition coefficient (Wildman–Crippen LogP) is 3.12. The van der Waals surface area contributed by atoms with E-state index in [1.807, 2.05) is 6.92 Å². The molecule has 2 aliphatic carbocycles. The molecule has 0 atom stereocenters. The van der Waals surface area contributed by atoms with Crippen molar-refractivity contribution in [2.24, 2.45) is 5.41 Å². The van der Waals surface area contributed by atoms with Gasteiger partial charge >= 0.3 is 0 Å². The van der Waals surface area contributed by atoms with Gasteiger partial charge in [-0.2, -0.15) is 5.10 Å². The summed E-state index contributed by atoms with van der Waals surface area (Å²) in [7, 11) is 0. The minimum atomic E-state index is -2.64. The maximum absolute atomic E-state index is 13.7. The molecule has 1 spiro atoms. The number of nitrogens with zero attached hydrogens (tertiary/aromatic N) is 2. The summed E-state index contributed by atoms with van der Waals surface area (Å²) < 4.78 is 29.1. The monoisotopic (exact) mass is 295 g/mol. The topological polar surface area (TPSA) is 46.9 Å². The van der Waals surface area contributed by atoms with Gasteiger partial charge in [0, 0.05) is 31.8 Å². The third-order valence-electron chi connectivity index (χ3n) is 4.33. The number of halogens is 2. The molecule has 0 saturated heterocycles. The lowest BCUT2D eigenvalue weighted by Gasteiger charge is -2.31. The van der Waals surface area contributed by atoms with Gasteiger partial charge in [-0.05, 0) is 43.2 Å². The molecule has 2 fully saturated rings. The summed E-state index contributed by atoms with van der Waals surface area (Å²) in [6, 6.07) is 1.62. The van der Waals surface area contributed by atoms with Gasteiger partial charge in [0.05, 0.1) is 0 Å². The number of rotatable bonds is 3. The van der Waals surface area contributed by atoms with Crippen LogP contribution in [0.15, 0.2) is 24.0 Å². The second-order valence-corrected chi connectivity index (χ2v) is 6.19. The van der Waals surface area contributed by atoms with E-state index in [0.29, 0.717) is 24.2 Å². The fourth-order valence-electron chi connectivity index (χ4n) is 3.20. The van der Waals surface area contributed by atoms with Crippen LogP contribution in [0.2, 0.25) is 0 Å². The van der Waals surface area contributed by atoms with Gasteiger partial charge in [-0.25, -0.2) is 8.78 Å². The van der Waals surface area contributed by atoms with E-state index in [-0.39, 0.29) is 24.2 Å². The Bertz CT molecular complexity index is 579. The number of hydrogen-bond acceptors (Lipinski definition) is 2. The Balaban J connectivity index is 1.69. The normalized spacial score (nSPS) is 24.2. The molecular weight excluding hydrogens is 276 g/mol. The van der Waals surface area contributed by atoms with Crippen LogP contribution in [0.1, 0.15) is 49.5 Å². The van der Waals surface area contributed by atoms with Crippen molar-refractivity contribution in [3.05, 3.63) is 29.7 Å². The number of carbonyl (C=O) groups excluding carboxylic acids is 1. The number of allylic oxidation sites excluding steroid dienone is 1. The van der Waals surface area contributed by atoms with Crippen LogP contribution >= 0.6 is 0 Å². The lowest BCUT2D eigenvalue weighted by Crippen LogP contribution is -2.30. The van der Waals surface area contributed by atoms with Crippen molar-refractivity contribution in [3.63, 3.8) is 0 Å². The molecule has 6 heteroatoms. The van der Waals surface area contributed by atoms with Gasteiger partial charge < -0.3 is 5.32 Å². The van der Waals surface area contributed by atoms with Crippen molar-refractivity contribution in [1.82, 2.24) is 15.1 Å². The first-order valence-electron chi connectivity index (χ1n) is 7.32. The van der Waals surface area contributed by atoms with E-state index in [1.54, 1.807) is 16.9 Å².